The quantitative estimate of drug-likeness (QED) is 0.493. The van der Waals surface area contributed by atoms with E-state index < -0.39 is 34.2 Å². The van der Waals surface area contributed by atoms with E-state index in [1.54, 1.807) is 30.3 Å². The van der Waals surface area contributed by atoms with Gasteiger partial charge in [-0.3, -0.25) is 4.79 Å². The Hall–Kier alpha value is -3.08. The number of methoxy groups -OCH3 is 2. The summed E-state index contributed by atoms with van der Waals surface area (Å²) in [5.74, 6) is -1.98. The first-order valence-corrected chi connectivity index (χ1v) is 11.1. The SMILES string of the molecule is COC(=O)CN(c1c(OCc2ccccc2)cc2ccc(OC)c(Cl)c2c1F)S(N)(=O)=O. The van der Waals surface area contributed by atoms with Gasteiger partial charge in [-0.2, -0.15) is 8.42 Å². The lowest BCUT2D eigenvalue weighted by Crippen LogP contribution is -2.41. The van der Waals surface area contributed by atoms with Crippen LogP contribution in [0.15, 0.2) is 48.5 Å². The Balaban J connectivity index is 2.26. The van der Waals surface area contributed by atoms with Crippen molar-refractivity contribution in [1.82, 2.24) is 0 Å². The van der Waals surface area contributed by atoms with Crippen molar-refractivity contribution < 1.29 is 31.8 Å². The Labute approximate surface area is 189 Å². The third-order valence-electron chi connectivity index (χ3n) is 4.60. The van der Waals surface area contributed by atoms with Gasteiger partial charge in [-0.15, -0.1) is 0 Å². The average molecular weight is 483 g/mol. The molecule has 0 aromatic heterocycles. The zero-order valence-corrected chi connectivity index (χ0v) is 18.7. The molecule has 3 aromatic carbocycles. The van der Waals surface area contributed by atoms with E-state index in [1.807, 2.05) is 6.07 Å². The summed E-state index contributed by atoms with van der Waals surface area (Å²) in [4.78, 5) is 11.9. The molecule has 11 heteroatoms. The molecule has 0 aliphatic rings. The summed E-state index contributed by atoms with van der Waals surface area (Å²) in [5, 5.41) is 5.44. The maximum absolute atomic E-state index is 15.8. The van der Waals surface area contributed by atoms with Gasteiger partial charge in [-0.1, -0.05) is 48.0 Å². The zero-order chi connectivity index (χ0) is 23.5. The Morgan fingerprint density at radius 2 is 1.81 bits per heavy atom. The highest BCUT2D eigenvalue weighted by Gasteiger charge is 2.31. The molecule has 3 rings (SSSR count). The summed E-state index contributed by atoms with van der Waals surface area (Å²) in [6, 6.07) is 13.5. The maximum atomic E-state index is 15.8. The van der Waals surface area contributed by atoms with E-state index in [-0.39, 0.29) is 28.5 Å². The third-order valence-corrected chi connectivity index (χ3v) is 5.90. The third kappa shape index (κ3) is 4.87. The molecule has 0 saturated carbocycles. The predicted molar refractivity (Wildman–Crippen MR) is 119 cm³/mol. The number of anilines is 1. The fraction of sp³-hybridized carbons (Fsp3) is 0.190. The van der Waals surface area contributed by atoms with E-state index in [1.165, 1.54) is 19.2 Å². The standard InChI is InChI=1S/C21H20ClFN2O6S/c1-29-15-9-8-14-10-16(31-12-13-6-4-3-5-7-13)21(20(23)18(14)19(15)22)25(32(24,27)28)11-17(26)30-2/h3-10H,11-12H2,1-2H3,(H2,24,27,28). The minimum atomic E-state index is -4.61. The molecule has 8 nitrogen and oxygen atoms in total. The van der Waals surface area contributed by atoms with Crippen molar-refractivity contribution in [2.24, 2.45) is 5.14 Å². The highest BCUT2D eigenvalue weighted by Crippen LogP contribution is 2.43. The number of nitrogens with zero attached hydrogens (tertiary/aromatic N) is 1. The Bertz CT molecular complexity index is 1250. The molecular weight excluding hydrogens is 463 g/mol. The molecule has 0 heterocycles. The molecular formula is C21H20ClFN2O6S. The zero-order valence-electron chi connectivity index (χ0n) is 17.2. The first-order valence-electron chi connectivity index (χ1n) is 9.20. The van der Waals surface area contributed by atoms with Crippen LogP contribution in [-0.4, -0.2) is 35.2 Å². The number of hydrogen-bond donors (Lipinski definition) is 1. The number of rotatable bonds is 8. The van der Waals surface area contributed by atoms with Crippen LogP contribution in [0.1, 0.15) is 5.56 Å². The first kappa shape index (κ1) is 23.6. The lowest BCUT2D eigenvalue weighted by atomic mass is 10.1. The number of ether oxygens (including phenoxy) is 3. The number of carbonyl (C=O) groups excluding carboxylic acids is 1. The van der Waals surface area contributed by atoms with Crippen LogP contribution in [0.2, 0.25) is 5.02 Å². The number of nitrogens with two attached hydrogens (primary N) is 1. The molecule has 0 radical (unpaired) electrons. The molecule has 2 N–H and O–H groups in total. The summed E-state index contributed by atoms with van der Waals surface area (Å²) in [6.45, 7) is -0.875. The Morgan fingerprint density at radius 3 is 2.41 bits per heavy atom. The topological polar surface area (TPSA) is 108 Å². The summed E-state index contributed by atoms with van der Waals surface area (Å²) in [5.41, 5.74) is 0.179. The largest absolute Gasteiger partial charge is 0.495 e. The van der Waals surface area contributed by atoms with Gasteiger partial charge in [0.2, 0.25) is 0 Å². The van der Waals surface area contributed by atoms with E-state index in [2.05, 4.69) is 4.74 Å². The molecule has 0 amide bonds. The first-order chi connectivity index (χ1) is 15.2. The summed E-state index contributed by atoms with van der Waals surface area (Å²) < 4.78 is 56.3. The van der Waals surface area contributed by atoms with Crippen molar-refractivity contribution in [1.29, 1.82) is 0 Å². The Kier molecular flexibility index (Phi) is 7.07. The molecule has 0 saturated heterocycles. The van der Waals surface area contributed by atoms with Crippen molar-refractivity contribution in [3.8, 4) is 11.5 Å². The fourth-order valence-electron chi connectivity index (χ4n) is 3.06. The minimum absolute atomic E-state index is 0.000638. The van der Waals surface area contributed by atoms with Crippen LogP contribution in [0.5, 0.6) is 11.5 Å². The van der Waals surface area contributed by atoms with Gasteiger partial charge in [-0.05, 0) is 23.1 Å². The highest BCUT2D eigenvalue weighted by atomic mass is 35.5. The van der Waals surface area contributed by atoms with Gasteiger partial charge in [-0.25, -0.2) is 13.8 Å². The van der Waals surface area contributed by atoms with E-state index in [0.29, 0.717) is 9.69 Å². The molecule has 32 heavy (non-hydrogen) atoms. The van der Waals surface area contributed by atoms with Crippen LogP contribution < -0.4 is 18.9 Å². The van der Waals surface area contributed by atoms with Crippen molar-refractivity contribution in [3.63, 3.8) is 0 Å². The number of hydrogen-bond acceptors (Lipinski definition) is 6. The molecule has 0 fully saturated rings. The molecule has 0 unspecified atom stereocenters. The highest BCUT2D eigenvalue weighted by molar-refractivity contribution is 7.90. The van der Waals surface area contributed by atoms with Crippen molar-refractivity contribution in [2.75, 3.05) is 25.1 Å². The molecule has 170 valence electrons. The van der Waals surface area contributed by atoms with Crippen LogP contribution in [0.25, 0.3) is 10.8 Å². The lowest BCUT2D eigenvalue weighted by molar-refractivity contribution is -0.138. The summed E-state index contributed by atoms with van der Waals surface area (Å²) in [7, 11) is -2.19. The second-order valence-corrected chi connectivity index (χ2v) is 8.47. The number of benzene rings is 3. The molecule has 0 atom stereocenters. The van der Waals surface area contributed by atoms with Gasteiger partial charge < -0.3 is 14.2 Å². The van der Waals surface area contributed by atoms with Crippen LogP contribution >= 0.6 is 11.6 Å². The number of esters is 1. The summed E-state index contributed by atoms with van der Waals surface area (Å²) in [6.07, 6.45) is 0. The number of fused-ring (bicyclic) bond motifs is 1. The van der Waals surface area contributed by atoms with Gasteiger partial charge in [0.05, 0.1) is 19.2 Å². The molecule has 0 bridgehead atoms. The predicted octanol–water partition coefficient (Wildman–Crippen LogP) is 3.40. The van der Waals surface area contributed by atoms with E-state index in [4.69, 9.17) is 26.2 Å². The fourth-order valence-corrected chi connectivity index (χ4v) is 4.11. The van der Waals surface area contributed by atoms with E-state index in [9.17, 15) is 13.2 Å². The van der Waals surface area contributed by atoms with Crippen molar-refractivity contribution >= 4 is 44.2 Å². The van der Waals surface area contributed by atoms with E-state index >= 15 is 4.39 Å². The smallest absolute Gasteiger partial charge is 0.326 e. The molecule has 0 aliphatic heterocycles. The molecule has 3 aromatic rings. The van der Waals surface area contributed by atoms with Crippen LogP contribution in [-0.2, 0) is 26.3 Å². The molecule has 0 spiro atoms. The van der Waals surface area contributed by atoms with Crippen LogP contribution in [0.3, 0.4) is 0 Å². The molecule has 0 aliphatic carbocycles. The van der Waals surface area contributed by atoms with Gasteiger partial charge >= 0.3 is 5.97 Å². The second kappa shape index (κ2) is 9.60. The second-order valence-electron chi connectivity index (χ2n) is 6.62. The number of halogens is 2. The maximum Gasteiger partial charge on any atom is 0.326 e. The van der Waals surface area contributed by atoms with Gasteiger partial charge in [0, 0.05) is 5.39 Å². The van der Waals surface area contributed by atoms with Crippen molar-refractivity contribution in [2.45, 2.75) is 6.61 Å². The van der Waals surface area contributed by atoms with Crippen molar-refractivity contribution in [3.05, 3.63) is 64.9 Å². The minimum Gasteiger partial charge on any atom is -0.495 e. The van der Waals surface area contributed by atoms with Gasteiger partial charge in [0.15, 0.2) is 5.82 Å². The summed E-state index contributed by atoms with van der Waals surface area (Å²) >= 11 is 6.30. The van der Waals surface area contributed by atoms with Gasteiger partial charge in [0.1, 0.15) is 30.3 Å². The average Bonchev–Trinajstić information content (AvgIpc) is 2.76. The Morgan fingerprint density at radius 1 is 1.12 bits per heavy atom. The van der Waals surface area contributed by atoms with E-state index in [0.717, 1.165) is 12.7 Å². The monoisotopic (exact) mass is 482 g/mol. The normalized spacial score (nSPS) is 11.3. The number of carbonyl (C=O) groups is 1. The van der Waals surface area contributed by atoms with Crippen LogP contribution in [0.4, 0.5) is 10.1 Å². The lowest BCUT2D eigenvalue weighted by Gasteiger charge is -2.25. The van der Waals surface area contributed by atoms with Gasteiger partial charge in [0.25, 0.3) is 10.2 Å². The van der Waals surface area contributed by atoms with Crippen LogP contribution in [0, 0.1) is 5.82 Å².